The van der Waals surface area contributed by atoms with E-state index in [9.17, 15) is 0 Å². The van der Waals surface area contributed by atoms with Crippen LogP contribution in [0.15, 0.2) is 0 Å². The second-order valence-corrected chi connectivity index (χ2v) is 6.93. The molecule has 2 bridgehead atoms. The predicted molar refractivity (Wildman–Crippen MR) is 88.3 cm³/mol. The van der Waals surface area contributed by atoms with Crippen LogP contribution in [0.25, 0.3) is 0 Å². The van der Waals surface area contributed by atoms with Crippen LogP contribution in [0.3, 0.4) is 0 Å². The maximum atomic E-state index is 2.76. The Hall–Kier alpha value is -0.0800. The third-order valence-corrected chi connectivity index (χ3v) is 5.10. The van der Waals surface area contributed by atoms with Crippen molar-refractivity contribution >= 4 is 0 Å². The molecule has 0 aliphatic carbocycles. The van der Waals surface area contributed by atoms with Gasteiger partial charge in [-0.1, -0.05) is 38.5 Å². The second kappa shape index (κ2) is 10.6. The molecule has 0 aromatic carbocycles. The van der Waals surface area contributed by atoms with E-state index in [1.165, 1.54) is 116 Å². The maximum Gasteiger partial charge on any atom is -0.00187 e. The first-order valence-corrected chi connectivity index (χ1v) is 9.40. The molecule has 0 aromatic rings. The summed E-state index contributed by atoms with van der Waals surface area (Å²) in [4.78, 5) is 5.53. The summed E-state index contributed by atoms with van der Waals surface area (Å²) in [5.74, 6) is 0. The Morgan fingerprint density at radius 2 is 0.450 bits per heavy atom. The van der Waals surface area contributed by atoms with Gasteiger partial charge in [-0.25, -0.2) is 0 Å². The van der Waals surface area contributed by atoms with Crippen molar-refractivity contribution in [3.63, 3.8) is 0 Å². The molecule has 2 nitrogen and oxygen atoms in total. The summed E-state index contributed by atoms with van der Waals surface area (Å²) in [5.41, 5.74) is 0. The highest BCUT2D eigenvalue weighted by Crippen LogP contribution is 2.13. The van der Waals surface area contributed by atoms with E-state index in [-0.39, 0.29) is 0 Å². The van der Waals surface area contributed by atoms with Gasteiger partial charge in [0.25, 0.3) is 0 Å². The lowest BCUT2D eigenvalue weighted by atomic mass is 10.1. The Morgan fingerprint density at radius 1 is 0.250 bits per heavy atom. The lowest BCUT2D eigenvalue weighted by Crippen LogP contribution is -2.30. The molecule has 3 rings (SSSR count). The van der Waals surface area contributed by atoms with Crippen LogP contribution in [0.2, 0.25) is 0 Å². The van der Waals surface area contributed by atoms with Crippen LogP contribution in [-0.4, -0.2) is 49.1 Å². The molecular formula is C18H36N2. The summed E-state index contributed by atoms with van der Waals surface area (Å²) in [6.07, 6.45) is 17.3. The van der Waals surface area contributed by atoms with E-state index in [1.54, 1.807) is 0 Å². The van der Waals surface area contributed by atoms with Gasteiger partial charge in [0, 0.05) is 0 Å². The number of fused-ring (bicyclic) bond motifs is 15. The van der Waals surface area contributed by atoms with Gasteiger partial charge in [-0.2, -0.15) is 0 Å². The van der Waals surface area contributed by atoms with Crippen molar-refractivity contribution in [1.29, 1.82) is 0 Å². The summed E-state index contributed by atoms with van der Waals surface area (Å²) >= 11 is 0. The highest BCUT2D eigenvalue weighted by atomic mass is 15.1. The summed E-state index contributed by atoms with van der Waals surface area (Å²) in [6.45, 7) is 8.18. The molecule has 0 N–H and O–H groups in total. The quantitative estimate of drug-likeness (QED) is 0.653. The zero-order valence-corrected chi connectivity index (χ0v) is 13.6. The molecule has 0 atom stereocenters. The number of hydrogen-bond donors (Lipinski definition) is 0. The zero-order valence-electron chi connectivity index (χ0n) is 13.6. The molecule has 0 aromatic heterocycles. The third kappa shape index (κ3) is 7.08. The molecule has 0 saturated carbocycles. The SMILES string of the molecule is C1CCCCN2CCCCCN(CCC1)CCCCC2. The van der Waals surface area contributed by atoms with Crippen molar-refractivity contribution in [2.24, 2.45) is 0 Å². The van der Waals surface area contributed by atoms with Crippen LogP contribution < -0.4 is 0 Å². The van der Waals surface area contributed by atoms with Gasteiger partial charge >= 0.3 is 0 Å². The highest BCUT2D eigenvalue weighted by Gasteiger charge is 2.09. The molecule has 3 saturated heterocycles. The molecule has 3 fully saturated rings. The van der Waals surface area contributed by atoms with Crippen molar-refractivity contribution in [3.05, 3.63) is 0 Å². The third-order valence-electron chi connectivity index (χ3n) is 5.10. The number of nitrogens with zero attached hydrogens (tertiary/aromatic N) is 2. The summed E-state index contributed by atoms with van der Waals surface area (Å²) in [6, 6.07) is 0. The monoisotopic (exact) mass is 280 g/mol. The zero-order chi connectivity index (χ0) is 13.9. The number of rotatable bonds is 0. The summed E-state index contributed by atoms with van der Waals surface area (Å²) < 4.78 is 0. The molecule has 3 aliphatic heterocycles. The van der Waals surface area contributed by atoms with Crippen LogP contribution in [0, 0.1) is 0 Å². The minimum absolute atomic E-state index is 1.36. The first-order chi connectivity index (χ1) is 9.95. The summed E-state index contributed by atoms with van der Waals surface area (Å²) in [7, 11) is 0. The molecule has 3 heterocycles. The molecule has 20 heavy (non-hydrogen) atoms. The molecule has 2 heteroatoms. The fraction of sp³-hybridized carbons (Fsp3) is 1.00. The van der Waals surface area contributed by atoms with Crippen molar-refractivity contribution in [1.82, 2.24) is 9.80 Å². The van der Waals surface area contributed by atoms with Crippen molar-refractivity contribution < 1.29 is 0 Å². The van der Waals surface area contributed by atoms with E-state index >= 15 is 0 Å². The lowest BCUT2D eigenvalue weighted by Gasteiger charge is -2.25. The smallest absolute Gasteiger partial charge is 0.00187 e. The maximum absolute atomic E-state index is 2.76. The van der Waals surface area contributed by atoms with Gasteiger partial charge < -0.3 is 9.80 Å². The van der Waals surface area contributed by atoms with Crippen LogP contribution in [0.5, 0.6) is 0 Å². The fourth-order valence-electron chi connectivity index (χ4n) is 3.74. The van der Waals surface area contributed by atoms with E-state index in [0.29, 0.717) is 0 Å². The summed E-state index contributed by atoms with van der Waals surface area (Å²) in [5, 5.41) is 0. The van der Waals surface area contributed by atoms with Crippen LogP contribution in [0.1, 0.15) is 77.0 Å². The Labute approximate surface area is 126 Å². The Morgan fingerprint density at radius 3 is 0.750 bits per heavy atom. The minimum Gasteiger partial charge on any atom is -0.303 e. The van der Waals surface area contributed by atoms with Gasteiger partial charge in [0.05, 0.1) is 0 Å². The van der Waals surface area contributed by atoms with Crippen molar-refractivity contribution in [2.45, 2.75) is 77.0 Å². The second-order valence-electron chi connectivity index (χ2n) is 6.93. The van der Waals surface area contributed by atoms with E-state index in [4.69, 9.17) is 0 Å². The topological polar surface area (TPSA) is 6.48 Å². The van der Waals surface area contributed by atoms with E-state index in [0.717, 1.165) is 0 Å². The van der Waals surface area contributed by atoms with E-state index in [1.807, 2.05) is 0 Å². The Kier molecular flexibility index (Phi) is 8.65. The van der Waals surface area contributed by atoms with Gasteiger partial charge in [-0.15, -0.1) is 0 Å². The molecule has 0 amide bonds. The number of hydrogen-bond acceptors (Lipinski definition) is 2. The van der Waals surface area contributed by atoms with Gasteiger partial charge in [0.2, 0.25) is 0 Å². The lowest BCUT2D eigenvalue weighted by molar-refractivity contribution is 0.227. The molecule has 118 valence electrons. The molecule has 3 aliphatic rings. The van der Waals surface area contributed by atoms with E-state index < -0.39 is 0 Å². The van der Waals surface area contributed by atoms with Gasteiger partial charge in [0.1, 0.15) is 0 Å². The fourth-order valence-corrected chi connectivity index (χ4v) is 3.74. The van der Waals surface area contributed by atoms with Crippen LogP contribution in [-0.2, 0) is 0 Å². The van der Waals surface area contributed by atoms with Gasteiger partial charge in [-0.05, 0) is 77.8 Å². The molecule has 0 unspecified atom stereocenters. The average Bonchev–Trinajstić information content (AvgIpc) is 2.46. The highest BCUT2D eigenvalue weighted by molar-refractivity contribution is 4.65. The van der Waals surface area contributed by atoms with Crippen molar-refractivity contribution in [2.75, 3.05) is 39.3 Å². The largest absolute Gasteiger partial charge is 0.303 e. The van der Waals surface area contributed by atoms with E-state index in [2.05, 4.69) is 9.80 Å². The van der Waals surface area contributed by atoms with Gasteiger partial charge in [-0.3, -0.25) is 0 Å². The van der Waals surface area contributed by atoms with Gasteiger partial charge in [0.15, 0.2) is 0 Å². The van der Waals surface area contributed by atoms with Crippen LogP contribution >= 0.6 is 0 Å². The Bertz CT molecular complexity index is 188. The standard InChI is InChI=1S/C18H36N2/c1-2-4-8-14-20-17-11-5-9-15-19(13-7-3-1)16-10-6-12-18-20/h1-18H2. The van der Waals surface area contributed by atoms with Crippen LogP contribution in [0.4, 0.5) is 0 Å². The predicted octanol–water partition coefficient (Wildman–Crippen LogP) is 4.30. The Balaban J connectivity index is 1.88. The normalized spacial score (nSPS) is 32.4. The first-order valence-electron chi connectivity index (χ1n) is 9.40. The average molecular weight is 280 g/mol. The molecule has 0 radical (unpaired) electrons. The van der Waals surface area contributed by atoms with Crippen molar-refractivity contribution in [3.8, 4) is 0 Å². The molecular weight excluding hydrogens is 244 g/mol. The minimum atomic E-state index is 1.36. The first kappa shape index (κ1) is 16.3. The molecule has 0 spiro atoms.